The van der Waals surface area contributed by atoms with Crippen molar-refractivity contribution in [2.75, 3.05) is 39.4 Å². The van der Waals surface area contributed by atoms with Gasteiger partial charge in [0.15, 0.2) is 0 Å². The minimum atomic E-state index is -0.120. The number of hydrogen-bond donors (Lipinski definition) is 2. The molecule has 0 aromatic carbocycles. The molecule has 1 aliphatic heterocycles. The van der Waals surface area contributed by atoms with Crippen LogP contribution < -0.4 is 5.32 Å². The summed E-state index contributed by atoms with van der Waals surface area (Å²) < 4.78 is 5.78. The molecule has 4 heteroatoms. The minimum absolute atomic E-state index is 0.120. The number of rotatable bonds is 9. The number of aliphatic hydroxyl groups excluding tert-OH is 1. The van der Waals surface area contributed by atoms with E-state index in [0.717, 1.165) is 58.5 Å². The zero-order chi connectivity index (χ0) is 14.1. The number of nitrogens with zero attached hydrogens (tertiary/aromatic N) is 1. The first-order chi connectivity index (χ1) is 9.19. The topological polar surface area (TPSA) is 44.7 Å². The maximum Gasteiger partial charge on any atom is 0.0615 e. The Hall–Kier alpha value is -0.160. The second-order valence-electron chi connectivity index (χ2n) is 5.63. The van der Waals surface area contributed by atoms with Gasteiger partial charge in [-0.3, -0.25) is 0 Å². The van der Waals surface area contributed by atoms with Crippen molar-refractivity contribution < 1.29 is 9.84 Å². The Balaban J connectivity index is 2.41. The van der Waals surface area contributed by atoms with Gasteiger partial charge in [-0.25, -0.2) is 0 Å². The standard InChI is InChI=1S/C15H32N2O2/c1-4-7-14-12-15(13-18,8-11-19-14)16-9-10-17(5-2)6-3/h14,16,18H,4-13H2,1-3H3. The lowest BCUT2D eigenvalue weighted by molar-refractivity contribution is -0.0484. The molecular formula is C15H32N2O2. The van der Waals surface area contributed by atoms with Crippen LogP contribution in [0.15, 0.2) is 0 Å². The molecular weight excluding hydrogens is 240 g/mol. The van der Waals surface area contributed by atoms with E-state index in [1.807, 2.05) is 0 Å². The highest BCUT2D eigenvalue weighted by Gasteiger charge is 2.35. The van der Waals surface area contributed by atoms with E-state index in [9.17, 15) is 5.11 Å². The van der Waals surface area contributed by atoms with Crippen molar-refractivity contribution in [1.29, 1.82) is 0 Å². The molecule has 0 amide bonds. The molecule has 0 saturated carbocycles. The normalized spacial score (nSPS) is 27.9. The molecule has 1 rings (SSSR count). The van der Waals surface area contributed by atoms with E-state index in [4.69, 9.17) is 4.74 Å². The summed E-state index contributed by atoms with van der Waals surface area (Å²) >= 11 is 0. The van der Waals surface area contributed by atoms with Crippen LogP contribution in [0.4, 0.5) is 0 Å². The molecule has 1 aliphatic rings. The summed E-state index contributed by atoms with van der Waals surface area (Å²) in [6.07, 6.45) is 4.41. The maximum atomic E-state index is 9.78. The Labute approximate surface area is 118 Å². The lowest BCUT2D eigenvalue weighted by atomic mass is 9.86. The number of likely N-dealkylation sites (N-methyl/N-ethyl adjacent to an activating group) is 1. The molecule has 2 N–H and O–H groups in total. The van der Waals surface area contributed by atoms with Crippen LogP contribution in [-0.2, 0) is 4.74 Å². The molecule has 1 saturated heterocycles. The lowest BCUT2D eigenvalue weighted by Gasteiger charge is -2.41. The van der Waals surface area contributed by atoms with E-state index in [2.05, 4.69) is 31.0 Å². The van der Waals surface area contributed by atoms with Gasteiger partial charge in [0.25, 0.3) is 0 Å². The van der Waals surface area contributed by atoms with Gasteiger partial charge in [0, 0.05) is 25.2 Å². The van der Waals surface area contributed by atoms with E-state index >= 15 is 0 Å². The molecule has 0 radical (unpaired) electrons. The second-order valence-corrected chi connectivity index (χ2v) is 5.63. The Kier molecular flexibility index (Phi) is 7.91. The molecule has 2 atom stereocenters. The van der Waals surface area contributed by atoms with Gasteiger partial charge < -0.3 is 20.1 Å². The molecule has 19 heavy (non-hydrogen) atoms. The van der Waals surface area contributed by atoms with Crippen molar-refractivity contribution in [3.05, 3.63) is 0 Å². The third kappa shape index (κ3) is 5.38. The summed E-state index contributed by atoms with van der Waals surface area (Å²) in [6.45, 7) is 11.7. The van der Waals surface area contributed by atoms with Gasteiger partial charge in [0.05, 0.1) is 12.7 Å². The Morgan fingerprint density at radius 1 is 1.32 bits per heavy atom. The molecule has 1 fully saturated rings. The number of nitrogens with one attached hydrogen (secondary N) is 1. The van der Waals surface area contributed by atoms with Gasteiger partial charge in [0.2, 0.25) is 0 Å². The third-order valence-electron chi connectivity index (χ3n) is 4.29. The predicted molar refractivity (Wildman–Crippen MR) is 79.5 cm³/mol. The second kappa shape index (κ2) is 8.90. The lowest BCUT2D eigenvalue weighted by Crippen LogP contribution is -2.56. The monoisotopic (exact) mass is 272 g/mol. The Morgan fingerprint density at radius 2 is 2.05 bits per heavy atom. The zero-order valence-corrected chi connectivity index (χ0v) is 13.0. The summed E-state index contributed by atoms with van der Waals surface area (Å²) in [7, 11) is 0. The number of hydrogen-bond acceptors (Lipinski definition) is 4. The highest BCUT2D eigenvalue weighted by molar-refractivity contribution is 4.93. The van der Waals surface area contributed by atoms with Crippen LogP contribution in [-0.4, -0.2) is 61.0 Å². The average Bonchev–Trinajstić information content (AvgIpc) is 2.44. The van der Waals surface area contributed by atoms with Gasteiger partial charge in [-0.05, 0) is 32.4 Å². The van der Waals surface area contributed by atoms with Crippen LogP contribution in [0.1, 0.15) is 46.5 Å². The van der Waals surface area contributed by atoms with Crippen molar-refractivity contribution in [2.45, 2.75) is 58.1 Å². The van der Waals surface area contributed by atoms with E-state index < -0.39 is 0 Å². The van der Waals surface area contributed by atoms with E-state index in [-0.39, 0.29) is 12.1 Å². The molecule has 0 aromatic rings. The predicted octanol–water partition coefficient (Wildman–Crippen LogP) is 1.63. The van der Waals surface area contributed by atoms with Crippen molar-refractivity contribution in [2.24, 2.45) is 0 Å². The molecule has 0 spiro atoms. The summed E-state index contributed by atoms with van der Waals surface area (Å²) in [4.78, 5) is 2.40. The van der Waals surface area contributed by atoms with E-state index in [0.29, 0.717) is 6.10 Å². The van der Waals surface area contributed by atoms with Crippen LogP contribution in [0.5, 0.6) is 0 Å². The molecule has 114 valence electrons. The van der Waals surface area contributed by atoms with Gasteiger partial charge >= 0.3 is 0 Å². The fraction of sp³-hybridized carbons (Fsp3) is 1.00. The largest absolute Gasteiger partial charge is 0.394 e. The van der Waals surface area contributed by atoms with Crippen LogP contribution in [0.2, 0.25) is 0 Å². The smallest absolute Gasteiger partial charge is 0.0615 e. The number of aliphatic hydroxyl groups is 1. The first-order valence-electron chi connectivity index (χ1n) is 7.89. The van der Waals surface area contributed by atoms with E-state index in [1.54, 1.807) is 0 Å². The summed E-state index contributed by atoms with van der Waals surface area (Å²) in [5.74, 6) is 0. The minimum Gasteiger partial charge on any atom is -0.394 e. The SMILES string of the molecule is CCCC1CC(CO)(NCCN(CC)CC)CCO1. The van der Waals surface area contributed by atoms with Crippen molar-refractivity contribution in [3.8, 4) is 0 Å². The molecule has 2 unspecified atom stereocenters. The average molecular weight is 272 g/mol. The molecule has 0 aliphatic carbocycles. The molecule has 1 heterocycles. The van der Waals surface area contributed by atoms with Crippen LogP contribution >= 0.6 is 0 Å². The van der Waals surface area contributed by atoms with Crippen LogP contribution in [0.3, 0.4) is 0 Å². The zero-order valence-electron chi connectivity index (χ0n) is 13.0. The third-order valence-corrected chi connectivity index (χ3v) is 4.29. The maximum absolute atomic E-state index is 9.78. The van der Waals surface area contributed by atoms with Crippen molar-refractivity contribution >= 4 is 0 Å². The first-order valence-corrected chi connectivity index (χ1v) is 7.89. The van der Waals surface area contributed by atoms with Gasteiger partial charge in [0.1, 0.15) is 0 Å². The molecule has 0 aromatic heterocycles. The van der Waals surface area contributed by atoms with Gasteiger partial charge in [-0.15, -0.1) is 0 Å². The highest BCUT2D eigenvalue weighted by atomic mass is 16.5. The van der Waals surface area contributed by atoms with Gasteiger partial charge in [-0.1, -0.05) is 27.2 Å². The van der Waals surface area contributed by atoms with Crippen LogP contribution in [0.25, 0.3) is 0 Å². The Morgan fingerprint density at radius 3 is 2.63 bits per heavy atom. The first kappa shape index (κ1) is 16.9. The highest BCUT2D eigenvalue weighted by Crippen LogP contribution is 2.26. The summed E-state index contributed by atoms with van der Waals surface area (Å²) in [5, 5.41) is 13.4. The molecule has 4 nitrogen and oxygen atoms in total. The van der Waals surface area contributed by atoms with Crippen molar-refractivity contribution in [3.63, 3.8) is 0 Å². The Bertz CT molecular complexity index is 232. The summed E-state index contributed by atoms with van der Waals surface area (Å²) in [6, 6.07) is 0. The quantitative estimate of drug-likeness (QED) is 0.669. The number of ether oxygens (including phenoxy) is 1. The van der Waals surface area contributed by atoms with Crippen molar-refractivity contribution in [1.82, 2.24) is 10.2 Å². The van der Waals surface area contributed by atoms with E-state index in [1.165, 1.54) is 0 Å². The fourth-order valence-corrected chi connectivity index (χ4v) is 2.90. The van der Waals surface area contributed by atoms with Gasteiger partial charge in [-0.2, -0.15) is 0 Å². The fourth-order valence-electron chi connectivity index (χ4n) is 2.90. The molecule has 0 bridgehead atoms. The van der Waals surface area contributed by atoms with Crippen LogP contribution in [0, 0.1) is 0 Å². The summed E-state index contributed by atoms with van der Waals surface area (Å²) in [5.41, 5.74) is -0.120.